The van der Waals surface area contributed by atoms with Crippen LogP contribution in [0.3, 0.4) is 0 Å². The van der Waals surface area contributed by atoms with Crippen molar-refractivity contribution >= 4 is 23.5 Å². The minimum Gasteiger partial charge on any atom is -0.410 e. The van der Waals surface area contributed by atoms with Gasteiger partial charge in [0.25, 0.3) is 0 Å². The number of nitrogens with zero attached hydrogens (tertiary/aromatic N) is 1. The number of amides is 1. The molecule has 2 aliphatic heterocycles. The molecule has 2 aromatic carbocycles. The molecule has 6 nitrogen and oxygen atoms in total. The number of halogens is 2. The molecule has 2 fully saturated rings. The summed E-state index contributed by atoms with van der Waals surface area (Å²) in [6.45, 7) is 4.59. The zero-order chi connectivity index (χ0) is 23.4. The van der Waals surface area contributed by atoms with E-state index in [0.717, 1.165) is 31.5 Å². The van der Waals surface area contributed by atoms with Crippen molar-refractivity contribution in [1.29, 1.82) is 0 Å². The van der Waals surface area contributed by atoms with Crippen molar-refractivity contribution in [2.24, 2.45) is 5.92 Å². The summed E-state index contributed by atoms with van der Waals surface area (Å²) < 4.78 is 18.9. The molecular formula is C25H29ClFN3O3. The average Bonchev–Trinajstić information content (AvgIpc) is 3.27. The Hall–Kier alpha value is -2.48. The highest BCUT2D eigenvalue weighted by molar-refractivity contribution is 6.30. The van der Waals surface area contributed by atoms with E-state index in [9.17, 15) is 14.0 Å². The minimum atomic E-state index is -1.10. The molecule has 2 heterocycles. The van der Waals surface area contributed by atoms with Gasteiger partial charge in [-0.05, 0) is 74.8 Å². The number of ketones is 1. The number of likely N-dealkylation sites (N-methyl/N-ethyl adjacent to an activating group) is 1. The highest BCUT2D eigenvalue weighted by atomic mass is 35.5. The second kappa shape index (κ2) is 10.2. The van der Waals surface area contributed by atoms with Gasteiger partial charge in [-0.25, -0.2) is 9.18 Å². The molecule has 2 N–H and O–H groups in total. The number of carbonyl (C=O) groups excluding carboxylic acids is 2. The molecule has 33 heavy (non-hydrogen) atoms. The van der Waals surface area contributed by atoms with E-state index in [2.05, 4.69) is 10.6 Å². The Balaban J connectivity index is 1.73. The first-order valence-corrected chi connectivity index (χ1v) is 11.8. The van der Waals surface area contributed by atoms with Gasteiger partial charge < -0.3 is 15.4 Å². The number of hydrogen-bond donors (Lipinski definition) is 2. The lowest BCUT2D eigenvalue weighted by Gasteiger charge is -2.44. The zero-order valence-electron chi connectivity index (χ0n) is 18.7. The second-order valence-corrected chi connectivity index (χ2v) is 9.05. The molecule has 1 amide bonds. The normalized spacial score (nSPS) is 23.3. The zero-order valence-corrected chi connectivity index (χ0v) is 19.4. The summed E-state index contributed by atoms with van der Waals surface area (Å²) in [5.41, 5.74) is -0.151. The largest absolute Gasteiger partial charge is 0.416 e. The van der Waals surface area contributed by atoms with Gasteiger partial charge in [0.1, 0.15) is 17.1 Å². The van der Waals surface area contributed by atoms with E-state index in [-0.39, 0.29) is 23.4 Å². The standard InChI is InChI=1S/C25H29ClFN3O3/c1-2-30(24(32)33-21-9-7-20(27)8-10-21)25(23(31)18-11-13-28-14-12-18)16-29-15-22(25)17-3-5-19(26)6-4-17/h3-10,18,22,28-29H,2,11-16H2,1H3/t22-,25+/m1/s1. The Labute approximate surface area is 198 Å². The Bertz CT molecular complexity index is 979. The van der Waals surface area contributed by atoms with Crippen LogP contribution in [0.25, 0.3) is 0 Å². The summed E-state index contributed by atoms with van der Waals surface area (Å²) in [6, 6.07) is 12.8. The molecule has 0 aromatic heterocycles. The molecule has 8 heteroatoms. The van der Waals surface area contributed by atoms with E-state index in [0.29, 0.717) is 24.7 Å². The van der Waals surface area contributed by atoms with Crippen LogP contribution in [-0.2, 0) is 4.79 Å². The van der Waals surface area contributed by atoms with Crippen LogP contribution in [0.2, 0.25) is 5.02 Å². The molecule has 2 aromatic rings. The first kappa shape index (κ1) is 23.7. The first-order chi connectivity index (χ1) is 16.0. The van der Waals surface area contributed by atoms with Gasteiger partial charge in [0.05, 0.1) is 0 Å². The molecule has 2 aliphatic rings. The first-order valence-electron chi connectivity index (χ1n) is 11.4. The van der Waals surface area contributed by atoms with E-state index < -0.39 is 17.4 Å². The van der Waals surface area contributed by atoms with Crippen molar-refractivity contribution in [3.8, 4) is 5.75 Å². The van der Waals surface area contributed by atoms with Crippen LogP contribution in [0, 0.1) is 11.7 Å². The van der Waals surface area contributed by atoms with Crippen molar-refractivity contribution < 1.29 is 18.7 Å². The van der Waals surface area contributed by atoms with Crippen LogP contribution < -0.4 is 15.4 Å². The molecule has 2 saturated heterocycles. The topological polar surface area (TPSA) is 70.7 Å². The van der Waals surface area contributed by atoms with Crippen LogP contribution in [0.4, 0.5) is 9.18 Å². The van der Waals surface area contributed by atoms with Crippen LogP contribution in [0.5, 0.6) is 5.75 Å². The van der Waals surface area contributed by atoms with E-state index >= 15 is 0 Å². The maximum absolute atomic E-state index is 14.2. The van der Waals surface area contributed by atoms with Gasteiger partial charge in [0.15, 0.2) is 5.78 Å². The van der Waals surface area contributed by atoms with Gasteiger partial charge in [0, 0.05) is 36.5 Å². The Kier molecular flexibility index (Phi) is 7.32. The number of carbonyl (C=O) groups is 2. The van der Waals surface area contributed by atoms with Crippen molar-refractivity contribution in [2.45, 2.75) is 31.2 Å². The molecule has 0 aliphatic carbocycles. The quantitative estimate of drug-likeness (QED) is 0.663. The van der Waals surface area contributed by atoms with Gasteiger partial charge in [-0.3, -0.25) is 9.69 Å². The molecule has 0 bridgehead atoms. The maximum Gasteiger partial charge on any atom is 0.416 e. The molecule has 0 saturated carbocycles. The number of benzene rings is 2. The molecule has 2 atom stereocenters. The third-order valence-corrected chi connectivity index (χ3v) is 7.02. The van der Waals surface area contributed by atoms with Gasteiger partial charge in [0.2, 0.25) is 0 Å². The van der Waals surface area contributed by atoms with Crippen molar-refractivity contribution in [1.82, 2.24) is 15.5 Å². The second-order valence-electron chi connectivity index (χ2n) is 8.61. The minimum absolute atomic E-state index is 0.0619. The summed E-state index contributed by atoms with van der Waals surface area (Å²) >= 11 is 6.11. The van der Waals surface area contributed by atoms with Crippen LogP contribution >= 0.6 is 11.6 Å². The fourth-order valence-corrected chi connectivity index (χ4v) is 5.26. The van der Waals surface area contributed by atoms with Gasteiger partial charge in [-0.2, -0.15) is 0 Å². The van der Waals surface area contributed by atoms with Gasteiger partial charge in [-0.15, -0.1) is 0 Å². The lowest BCUT2D eigenvalue weighted by atomic mass is 9.72. The van der Waals surface area contributed by atoms with Crippen molar-refractivity contribution in [3.05, 3.63) is 64.9 Å². The number of Topliss-reactive ketones (excluding diaryl/α,β-unsaturated/α-hetero) is 1. The van der Waals surface area contributed by atoms with E-state index in [1.165, 1.54) is 24.3 Å². The lowest BCUT2D eigenvalue weighted by Crippen LogP contribution is -2.63. The van der Waals surface area contributed by atoms with E-state index in [4.69, 9.17) is 16.3 Å². The summed E-state index contributed by atoms with van der Waals surface area (Å²) in [6.07, 6.45) is 0.853. The summed E-state index contributed by atoms with van der Waals surface area (Å²) in [5.74, 6) is -0.515. The molecule has 176 valence electrons. The molecule has 4 rings (SSSR count). The fraction of sp³-hybridized carbons (Fsp3) is 0.440. The highest BCUT2D eigenvalue weighted by Gasteiger charge is 2.56. The molecule has 0 unspecified atom stereocenters. The van der Waals surface area contributed by atoms with Crippen LogP contribution in [-0.4, -0.2) is 55.0 Å². The van der Waals surface area contributed by atoms with Crippen molar-refractivity contribution in [3.63, 3.8) is 0 Å². The number of piperidine rings is 1. The van der Waals surface area contributed by atoms with Crippen molar-refractivity contribution in [2.75, 3.05) is 32.7 Å². The lowest BCUT2D eigenvalue weighted by molar-refractivity contribution is -0.135. The monoisotopic (exact) mass is 473 g/mol. The average molecular weight is 474 g/mol. The summed E-state index contributed by atoms with van der Waals surface area (Å²) in [7, 11) is 0. The Morgan fingerprint density at radius 1 is 1.09 bits per heavy atom. The molecular weight excluding hydrogens is 445 g/mol. The van der Waals surface area contributed by atoms with Gasteiger partial charge >= 0.3 is 6.09 Å². The number of rotatable bonds is 6. The van der Waals surface area contributed by atoms with E-state index in [1.54, 1.807) is 4.90 Å². The third-order valence-electron chi connectivity index (χ3n) is 6.77. The highest BCUT2D eigenvalue weighted by Crippen LogP contribution is 2.41. The SMILES string of the molecule is CCN(C(=O)Oc1ccc(F)cc1)[C@@]1(C(=O)C2CCNCC2)CNC[C@@H]1c1ccc(Cl)cc1. The number of ether oxygens (including phenoxy) is 1. The number of nitrogens with one attached hydrogen (secondary N) is 2. The van der Waals surface area contributed by atoms with Gasteiger partial charge in [-0.1, -0.05) is 23.7 Å². The predicted molar refractivity (Wildman–Crippen MR) is 125 cm³/mol. The molecule has 0 radical (unpaired) electrons. The fourth-order valence-electron chi connectivity index (χ4n) is 5.13. The number of hydrogen-bond acceptors (Lipinski definition) is 5. The summed E-state index contributed by atoms with van der Waals surface area (Å²) in [4.78, 5) is 29.2. The Morgan fingerprint density at radius 2 is 1.76 bits per heavy atom. The van der Waals surface area contributed by atoms with Crippen LogP contribution in [0.15, 0.2) is 48.5 Å². The van der Waals surface area contributed by atoms with E-state index in [1.807, 2.05) is 31.2 Å². The molecule has 0 spiro atoms. The maximum atomic E-state index is 14.2. The summed E-state index contributed by atoms with van der Waals surface area (Å²) in [5, 5.41) is 7.29. The third kappa shape index (κ3) is 4.76. The smallest absolute Gasteiger partial charge is 0.410 e. The van der Waals surface area contributed by atoms with Crippen LogP contribution in [0.1, 0.15) is 31.2 Å². The Morgan fingerprint density at radius 3 is 2.39 bits per heavy atom. The predicted octanol–water partition coefficient (Wildman–Crippen LogP) is 3.99.